The summed E-state index contributed by atoms with van der Waals surface area (Å²) in [5.74, 6) is 0. The minimum absolute atomic E-state index is 0.372. The van der Waals surface area contributed by atoms with Gasteiger partial charge in [0.2, 0.25) is 0 Å². The van der Waals surface area contributed by atoms with Crippen LogP contribution in [0.1, 0.15) is 48.5 Å². The van der Waals surface area contributed by atoms with Gasteiger partial charge in [0.1, 0.15) is 5.60 Å². The molecule has 0 spiro atoms. The highest BCUT2D eigenvalue weighted by Crippen LogP contribution is 2.26. The lowest BCUT2D eigenvalue weighted by molar-refractivity contribution is -0.0982. The first-order chi connectivity index (χ1) is 11.7. The molecule has 26 heavy (non-hydrogen) atoms. The number of carbonyl (C=O) groups is 1. The monoisotopic (exact) mass is 362 g/mol. The van der Waals surface area contributed by atoms with Crippen LogP contribution in [0.15, 0.2) is 24.7 Å². The predicted octanol–water partition coefficient (Wildman–Crippen LogP) is 2.07. The molecule has 0 unspecified atom stereocenters. The molecule has 0 atom stereocenters. The van der Waals surface area contributed by atoms with Crippen LogP contribution in [0.4, 0.5) is 4.79 Å². The van der Waals surface area contributed by atoms with Gasteiger partial charge in [-0.2, -0.15) is 0 Å². The summed E-state index contributed by atoms with van der Waals surface area (Å²) >= 11 is 0. The summed E-state index contributed by atoms with van der Waals surface area (Å²) < 4.78 is 12.4. The van der Waals surface area contributed by atoms with Crippen LogP contribution in [0, 0.1) is 0 Å². The maximum absolute atomic E-state index is 12.5. The van der Waals surface area contributed by atoms with E-state index in [1.54, 1.807) is 66.9 Å². The molecule has 2 aromatic heterocycles. The fraction of sp³-hybridized carbons (Fsp3) is 0.556. The first kappa shape index (κ1) is 20.4. The van der Waals surface area contributed by atoms with E-state index in [9.17, 15) is 14.9 Å². The van der Waals surface area contributed by atoms with Gasteiger partial charge in [0.15, 0.2) is 0 Å². The second-order valence-corrected chi connectivity index (χ2v) is 8.37. The van der Waals surface area contributed by atoms with Crippen molar-refractivity contribution in [2.75, 3.05) is 0 Å². The van der Waals surface area contributed by atoms with Gasteiger partial charge < -0.3 is 19.5 Å². The van der Waals surface area contributed by atoms with Crippen molar-refractivity contribution in [1.29, 1.82) is 0 Å². The SMILES string of the molecule is CC(C)(C)OC(=O)n1cc(B(O)OC(C)(C)C(C)(C)O)c2cnccc21. The molecular formula is C18H27BN2O5. The fourth-order valence-electron chi connectivity index (χ4n) is 2.24. The Labute approximate surface area is 154 Å². The fourth-order valence-corrected chi connectivity index (χ4v) is 2.24. The smallest absolute Gasteiger partial charge is 0.443 e. The standard InChI is InChI=1S/C18H27BN2O5/c1-16(2,3)25-15(22)21-11-13(12-10-20-9-8-14(12)21)19(24)26-18(6,7)17(4,5)23/h8-11,23-24H,1-7H3. The number of fused-ring (bicyclic) bond motifs is 1. The van der Waals surface area contributed by atoms with Crippen molar-refractivity contribution in [1.82, 2.24) is 9.55 Å². The van der Waals surface area contributed by atoms with Crippen molar-refractivity contribution in [2.45, 2.75) is 65.3 Å². The molecule has 142 valence electrons. The summed E-state index contributed by atoms with van der Waals surface area (Å²) in [4.78, 5) is 16.6. The lowest BCUT2D eigenvalue weighted by Crippen LogP contribution is -2.53. The average molecular weight is 362 g/mol. The number of hydrogen-bond acceptors (Lipinski definition) is 6. The van der Waals surface area contributed by atoms with Crippen LogP contribution < -0.4 is 5.46 Å². The molecule has 2 heterocycles. The molecule has 8 heteroatoms. The van der Waals surface area contributed by atoms with Gasteiger partial charge in [-0.15, -0.1) is 0 Å². The Balaban J connectivity index is 2.44. The van der Waals surface area contributed by atoms with Gasteiger partial charge in [0.05, 0.1) is 16.7 Å². The maximum Gasteiger partial charge on any atom is 0.493 e. The van der Waals surface area contributed by atoms with E-state index in [0.29, 0.717) is 16.4 Å². The maximum atomic E-state index is 12.5. The molecule has 0 aliphatic carbocycles. The third-order valence-electron chi connectivity index (χ3n) is 4.37. The number of carbonyl (C=O) groups excluding carboxylic acids is 1. The molecule has 0 fully saturated rings. The Hall–Kier alpha value is -1.90. The molecule has 0 aliphatic rings. The molecule has 2 N–H and O–H groups in total. The van der Waals surface area contributed by atoms with E-state index in [-0.39, 0.29) is 0 Å². The summed E-state index contributed by atoms with van der Waals surface area (Å²) in [6, 6.07) is 1.66. The number of rotatable bonds is 4. The summed E-state index contributed by atoms with van der Waals surface area (Å²) in [6.07, 6.45) is 4.02. The van der Waals surface area contributed by atoms with Gasteiger partial charge in [0.25, 0.3) is 0 Å². The normalized spacial score (nSPS) is 13.1. The number of ether oxygens (including phenoxy) is 1. The quantitative estimate of drug-likeness (QED) is 0.809. The predicted molar refractivity (Wildman–Crippen MR) is 100 cm³/mol. The highest BCUT2D eigenvalue weighted by molar-refractivity contribution is 6.63. The Morgan fingerprint density at radius 2 is 1.81 bits per heavy atom. The number of pyridine rings is 1. The molecule has 0 saturated carbocycles. The zero-order chi connectivity index (χ0) is 19.9. The minimum atomic E-state index is -1.35. The second-order valence-electron chi connectivity index (χ2n) is 8.37. The highest BCUT2D eigenvalue weighted by atomic mass is 16.6. The second kappa shape index (κ2) is 6.68. The molecule has 0 amide bonds. The largest absolute Gasteiger partial charge is 0.493 e. The lowest BCUT2D eigenvalue weighted by Gasteiger charge is -2.38. The van der Waals surface area contributed by atoms with Crippen molar-refractivity contribution in [3.8, 4) is 0 Å². The zero-order valence-corrected chi connectivity index (χ0v) is 16.4. The number of nitrogens with zero attached hydrogens (tertiary/aromatic N) is 2. The Kier molecular flexibility index (Phi) is 5.25. The summed E-state index contributed by atoms with van der Waals surface area (Å²) in [5, 5.41) is 21.4. The Morgan fingerprint density at radius 3 is 2.35 bits per heavy atom. The molecular weight excluding hydrogens is 335 g/mol. The van der Waals surface area contributed by atoms with Gasteiger partial charge in [-0.1, -0.05) is 0 Å². The van der Waals surface area contributed by atoms with Crippen LogP contribution >= 0.6 is 0 Å². The van der Waals surface area contributed by atoms with Gasteiger partial charge >= 0.3 is 13.2 Å². The minimum Gasteiger partial charge on any atom is -0.443 e. The molecule has 0 aliphatic heterocycles. The molecule has 0 aromatic carbocycles. The molecule has 0 saturated heterocycles. The van der Waals surface area contributed by atoms with E-state index in [1.165, 1.54) is 10.8 Å². The van der Waals surface area contributed by atoms with Crippen LogP contribution in [0.5, 0.6) is 0 Å². The van der Waals surface area contributed by atoms with Gasteiger partial charge in [-0.05, 0) is 54.5 Å². The summed E-state index contributed by atoms with van der Waals surface area (Å²) in [6.45, 7) is 11.9. The zero-order valence-electron chi connectivity index (χ0n) is 16.4. The van der Waals surface area contributed by atoms with Crippen molar-refractivity contribution in [3.05, 3.63) is 24.7 Å². The van der Waals surface area contributed by atoms with Crippen LogP contribution in [-0.2, 0) is 9.39 Å². The van der Waals surface area contributed by atoms with Crippen LogP contribution in [0.25, 0.3) is 10.9 Å². The van der Waals surface area contributed by atoms with Gasteiger partial charge in [-0.25, -0.2) is 4.79 Å². The van der Waals surface area contributed by atoms with Crippen molar-refractivity contribution < 1.29 is 24.3 Å². The first-order valence-corrected chi connectivity index (χ1v) is 8.49. The number of hydrogen-bond donors (Lipinski definition) is 2. The van der Waals surface area contributed by atoms with Crippen LogP contribution in [-0.4, -0.2) is 49.7 Å². The van der Waals surface area contributed by atoms with E-state index in [1.807, 2.05) is 0 Å². The number of aromatic nitrogens is 2. The topological polar surface area (TPSA) is 93.8 Å². The highest BCUT2D eigenvalue weighted by Gasteiger charge is 2.40. The molecule has 0 bridgehead atoms. The molecule has 2 aromatic rings. The Bertz CT molecular complexity index is 802. The van der Waals surface area contributed by atoms with E-state index < -0.39 is 30.0 Å². The van der Waals surface area contributed by atoms with E-state index in [2.05, 4.69) is 4.98 Å². The van der Waals surface area contributed by atoms with Gasteiger partial charge in [-0.3, -0.25) is 9.55 Å². The molecule has 7 nitrogen and oxygen atoms in total. The van der Waals surface area contributed by atoms with Gasteiger partial charge in [0, 0.05) is 29.4 Å². The third kappa shape index (κ3) is 4.25. The van der Waals surface area contributed by atoms with Crippen LogP contribution in [0.2, 0.25) is 0 Å². The summed E-state index contributed by atoms with van der Waals surface area (Å²) in [5.41, 5.74) is -1.95. The summed E-state index contributed by atoms with van der Waals surface area (Å²) in [7, 11) is -1.35. The van der Waals surface area contributed by atoms with E-state index in [0.717, 1.165) is 0 Å². The van der Waals surface area contributed by atoms with E-state index >= 15 is 0 Å². The average Bonchev–Trinajstić information content (AvgIpc) is 2.83. The van der Waals surface area contributed by atoms with E-state index in [4.69, 9.17) is 9.39 Å². The molecule has 0 radical (unpaired) electrons. The van der Waals surface area contributed by atoms with Crippen molar-refractivity contribution in [2.24, 2.45) is 0 Å². The Morgan fingerprint density at radius 1 is 1.19 bits per heavy atom. The number of aliphatic hydroxyl groups is 1. The first-order valence-electron chi connectivity index (χ1n) is 8.49. The van der Waals surface area contributed by atoms with Crippen molar-refractivity contribution in [3.63, 3.8) is 0 Å². The van der Waals surface area contributed by atoms with Crippen LogP contribution in [0.3, 0.4) is 0 Å². The lowest BCUT2D eigenvalue weighted by atomic mass is 9.76. The third-order valence-corrected chi connectivity index (χ3v) is 4.37. The van der Waals surface area contributed by atoms with Crippen molar-refractivity contribution >= 4 is 29.6 Å². The molecule has 2 rings (SSSR count).